The van der Waals surface area contributed by atoms with Crippen LogP contribution in [0.25, 0.3) is 22.4 Å². The molecule has 14 heteroatoms. The van der Waals surface area contributed by atoms with Gasteiger partial charge in [-0.1, -0.05) is 28.4 Å². The van der Waals surface area contributed by atoms with E-state index in [1.165, 1.54) is 13.3 Å². The summed E-state index contributed by atoms with van der Waals surface area (Å²) in [5.74, 6) is -0.278. The molecule has 182 valence electrons. The third kappa shape index (κ3) is 4.88. The Morgan fingerprint density at radius 1 is 1.14 bits per heavy atom. The molecule has 0 aliphatic carbocycles. The quantitative estimate of drug-likeness (QED) is 0.403. The Morgan fingerprint density at radius 3 is 2.69 bits per heavy atom. The van der Waals surface area contributed by atoms with Crippen LogP contribution in [0.5, 0.6) is 5.88 Å². The highest BCUT2D eigenvalue weighted by Gasteiger charge is 2.31. The van der Waals surface area contributed by atoms with Crippen LogP contribution in [0.3, 0.4) is 0 Å². The maximum Gasteiger partial charge on any atom is 0.213 e. The average molecular weight is 522 g/mol. The van der Waals surface area contributed by atoms with Gasteiger partial charge in [0.15, 0.2) is 16.6 Å². The van der Waals surface area contributed by atoms with E-state index in [4.69, 9.17) is 37.4 Å². The first-order valence-electron chi connectivity index (χ1n) is 10.4. The van der Waals surface area contributed by atoms with Crippen LogP contribution in [0.4, 0.5) is 4.39 Å². The molecule has 1 N–H and O–H groups in total. The molecular weight excluding hydrogens is 504 g/mol. The first-order chi connectivity index (χ1) is 16.9. The Labute approximate surface area is 207 Å². The van der Waals surface area contributed by atoms with Crippen molar-refractivity contribution in [2.24, 2.45) is 0 Å². The van der Waals surface area contributed by atoms with Crippen molar-refractivity contribution in [3.8, 4) is 17.3 Å². The third-order valence-corrected chi connectivity index (χ3v) is 6.05. The van der Waals surface area contributed by atoms with E-state index in [-0.39, 0.29) is 41.5 Å². The molecule has 1 atom stereocenters. The van der Waals surface area contributed by atoms with Crippen LogP contribution in [0.2, 0.25) is 10.3 Å². The summed E-state index contributed by atoms with van der Waals surface area (Å²) in [6.45, 7) is 0.368. The third-order valence-electron chi connectivity index (χ3n) is 5.42. The van der Waals surface area contributed by atoms with Crippen molar-refractivity contribution in [3.05, 3.63) is 52.4 Å². The Morgan fingerprint density at radius 2 is 1.94 bits per heavy atom. The summed E-state index contributed by atoms with van der Waals surface area (Å²) in [5, 5.41) is 19.1. The van der Waals surface area contributed by atoms with Crippen molar-refractivity contribution in [2.75, 3.05) is 20.3 Å². The molecular formula is C21H18Cl2FN7O4. The molecule has 0 saturated carbocycles. The second-order valence-corrected chi connectivity index (χ2v) is 8.40. The highest BCUT2D eigenvalue weighted by Crippen LogP contribution is 2.26. The minimum atomic E-state index is -1.15. The van der Waals surface area contributed by atoms with Crippen LogP contribution in [0, 0.1) is 5.82 Å². The number of ether oxygens (including phenoxy) is 3. The molecule has 0 spiro atoms. The van der Waals surface area contributed by atoms with Gasteiger partial charge in [0.2, 0.25) is 5.88 Å². The monoisotopic (exact) mass is 521 g/mol. The summed E-state index contributed by atoms with van der Waals surface area (Å²) < 4.78 is 32.7. The fourth-order valence-electron chi connectivity index (χ4n) is 3.62. The molecule has 0 amide bonds. The number of aliphatic hydroxyl groups is 1. The second-order valence-electron chi connectivity index (χ2n) is 7.69. The number of nitrogens with zero attached hydrogens (tertiary/aromatic N) is 7. The molecule has 1 fully saturated rings. The molecule has 0 bridgehead atoms. The van der Waals surface area contributed by atoms with Gasteiger partial charge in [-0.3, -0.25) is 4.98 Å². The van der Waals surface area contributed by atoms with Crippen molar-refractivity contribution < 1.29 is 23.7 Å². The van der Waals surface area contributed by atoms with Crippen LogP contribution in [-0.4, -0.2) is 72.8 Å². The first-order valence-corrected chi connectivity index (χ1v) is 11.2. The highest BCUT2D eigenvalue weighted by atomic mass is 35.5. The summed E-state index contributed by atoms with van der Waals surface area (Å²) in [7, 11) is 1.46. The van der Waals surface area contributed by atoms with Crippen molar-refractivity contribution in [3.63, 3.8) is 0 Å². The minimum absolute atomic E-state index is 0.0620. The average Bonchev–Trinajstić information content (AvgIpc) is 3.37. The van der Waals surface area contributed by atoms with Gasteiger partial charge < -0.3 is 19.3 Å². The standard InChI is InChI=1S/C21H18Cl2FN7O4/c1-33-17-3-2-13-18(28-17)11(12(24)5-25-13)4-16(32)21-34-8-10(9-35-21)31-7-15(29-30-31)14-6-26-19(22)20(23)27-14/h2-3,5-7,10,16,21,32H,4,8-9H2,1H3/t10?,16-,21?/m0/s1. The predicted octanol–water partition coefficient (Wildman–Crippen LogP) is 2.65. The Hall–Kier alpha value is -3.03. The molecule has 35 heavy (non-hydrogen) atoms. The van der Waals surface area contributed by atoms with Crippen molar-refractivity contribution in [1.29, 1.82) is 0 Å². The summed E-state index contributed by atoms with van der Waals surface area (Å²) in [6, 6.07) is 3.00. The minimum Gasteiger partial charge on any atom is -0.481 e. The number of methoxy groups -OCH3 is 1. The van der Waals surface area contributed by atoms with E-state index < -0.39 is 18.2 Å². The molecule has 4 aromatic heterocycles. The topological polar surface area (TPSA) is 130 Å². The molecule has 1 saturated heterocycles. The maximum atomic E-state index is 14.6. The van der Waals surface area contributed by atoms with E-state index in [9.17, 15) is 9.50 Å². The predicted molar refractivity (Wildman–Crippen MR) is 122 cm³/mol. The van der Waals surface area contributed by atoms with Crippen molar-refractivity contribution >= 4 is 34.2 Å². The van der Waals surface area contributed by atoms with Crippen LogP contribution >= 0.6 is 23.2 Å². The Kier molecular flexibility index (Phi) is 6.71. The zero-order valence-corrected chi connectivity index (χ0v) is 19.7. The van der Waals surface area contributed by atoms with E-state index in [1.54, 1.807) is 23.0 Å². The van der Waals surface area contributed by atoms with Gasteiger partial charge in [-0.05, 0) is 6.07 Å². The number of aromatic nitrogens is 7. The molecule has 1 aliphatic rings. The second kappa shape index (κ2) is 9.91. The molecule has 5 rings (SSSR count). The number of aliphatic hydroxyl groups excluding tert-OH is 1. The van der Waals surface area contributed by atoms with Crippen LogP contribution < -0.4 is 4.74 Å². The highest BCUT2D eigenvalue weighted by molar-refractivity contribution is 6.40. The lowest BCUT2D eigenvalue weighted by Gasteiger charge is -2.32. The van der Waals surface area contributed by atoms with E-state index in [0.29, 0.717) is 28.3 Å². The largest absolute Gasteiger partial charge is 0.481 e. The number of hydrogen-bond acceptors (Lipinski definition) is 10. The SMILES string of the molecule is COc1ccc2ncc(F)c(C[C@H](O)C3OCC(n4cc(-c5cnc(Cl)c(Cl)n5)nn4)CO3)c2n1. The van der Waals surface area contributed by atoms with Crippen LogP contribution in [-0.2, 0) is 15.9 Å². The van der Waals surface area contributed by atoms with Gasteiger partial charge in [0.25, 0.3) is 0 Å². The summed E-state index contributed by atoms with van der Waals surface area (Å²) in [6.07, 6.45) is 1.97. The van der Waals surface area contributed by atoms with Gasteiger partial charge in [-0.2, -0.15) is 0 Å². The summed E-state index contributed by atoms with van der Waals surface area (Å²) in [4.78, 5) is 16.4. The molecule has 1 aliphatic heterocycles. The molecule has 0 aromatic carbocycles. The van der Waals surface area contributed by atoms with Crippen molar-refractivity contribution in [2.45, 2.75) is 24.9 Å². The Balaban J connectivity index is 1.25. The van der Waals surface area contributed by atoms with Crippen LogP contribution in [0.15, 0.2) is 30.7 Å². The first kappa shape index (κ1) is 23.7. The summed E-state index contributed by atoms with van der Waals surface area (Å²) in [5.41, 5.74) is 1.83. The lowest BCUT2D eigenvalue weighted by molar-refractivity contribution is -0.236. The lowest BCUT2D eigenvalue weighted by Crippen LogP contribution is -2.41. The summed E-state index contributed by atoms with van der Waals surface area (Å²) >= 11 is 11.7. The number of fused-ring (bicyclic) bond motifs is 1. The fourth-order valence-corrected chi connectivity index (χ4v) is 3.85. The number of rotatable bonds is 6. The molecule has 0 radical (unpaired) electrons. The molecule has 11 nitrogen and oxygen atoms in total. The van der Waals surface area contributed by atoms with Gasteiger partial charge in [-0.25, -0.2) is 24.0 Å². The maximum absolute atomic E-state index is 14.6. The van der Waals surface area contributed by atoms with Gasteiger partial charge >= 0.3 is 0 Å². The molecule has 5 heterocycles. The molecule has 0 unspecified atom stereocenters. The normalized spacial score (nSPS) is 19.1. The van der Waals surface area contributed by atoms with Gasteiger partial charge in [0, 0.05) is 18.1 Å². The zero-order chi connectivity index (χ0) is 24.5. The van der Waals surface area contributed by atoms with Crippen LogP contribution in [0.1, 0.15) is 11.6 Å². The number of halogens is 3. The number of hydrogen-bond donors (Lipinski definition) is 1. The zero-order valence-electron chi connectivity index (χ0n) is 18.2. The van der Waals surface area contributed by atoms with E-state index in [0.717, 1.165) is 6.20 Å². The van der Waals surface area contributed by atoms with E-state index in [2.05, 4.69) is 30.2 Å². The molecule has 4 aromatic rings. The lowest BCUT2D eigenvalue weighted by atomic mass is 10.1. The smallest absolute Gasteiger partial charge is 0.213 e. The number of pyridine rings is 2. The fraction of sp³-hybridized carbons (Fsp3) is 0.333. The van der Waals surface area contributed by atoms with Gasteiger partial charge in [0.1, 0.15) is 29.4 Å². The van der Waals surface area contributed by atoms with E-state index >= 15 is 0 Å². The Bertz CT molecular complexity index is 1370. The van der Waals surface area contributed by atoms with Gasteiger partial charge in [-0.15, -0.1) is 5.10 Å². The van der Waals surface area contributed by atoms with E-state index in [1.807, 2.05) is 0 Å². The van der Waals surface area contributed by atoms with Gasteiger partial charge in [0.05, 0.1) is 49.9 Å². The van der Waals surface area contributed by atoms with Crippen molar-refractivity contribution in [1.82, 2.24) is 34.9 Å².